The monoisotopic (exact) mass is 139 g/mol. The number of hydrogen-bond donors (Lipinski definition) is 0. The smallest absolute Gasteiger partial charge is 0.113 e. The highest BCUT2D eigenvalue weighted by molar-refractivity contribution is 4.99. The first-order valence-electron chi connectivity index (χ1n) is 4.11. The van der Waals surface area contributed by atoms with E-state index in [0.29, 0.717) is 6.04 Å². The van der Waals surface area contributed by atoms with Gasteiger partial charge in [-0.2, -0.15) is 0 Å². The second-order valence-electron chi connectivity index (χ2n) is 3.42. The molecule has 0 N–H and O–H groups in total. The van der Waals surface area contributed by atoms with Crippen LogP contribution in [0.4, 0.5) is 0 Å². The molecule has 0 aromatic carbocycles. The van der Waals surface area contributed by atoms with Crippen LogP contribution in [-0.2, 0) is 0 Å². The maximum absolute atomic E-state index is 4.01. The first-order chi connectivity index (χ1) is 4.70. The molecule has 0 saturated carbocycles. The largest absolute Gasteiger partial charge is 0.265 e. The Hall–Kier alpha value is -0.170. The number of likely N-dealkylation sites (tertiary alicyclic amines) is 1. The van der Waals surface area contributed by atoms with Crippen LogP contribution < -0.4 is 0 Å². The third-order valence-electron chi connectivity index (χ3n) is 2.13. The van der Waals surface area contributed by atoms with Gasteiger partial charge in [0.15, 0.2) is 0 Å². The Balaban J connectivity index is 2.32. The Labute approximate surface area is 64.4 Å². The number of hydrogen-bond acceptors (Lipinski definition) is 1. The van der Waals surface area contributed by atoms with Crippen LogP contribution in [0.15, 0.2) is 0 Å². The highest BCUT2D eigenvalue weighted by Crippen LogP contribution is 2.18. The van der Waals surface area contributed by atoms with E-state index in [2.05, 4.69) is 25.7 Å². The minimum absolute atomic E-state index is 0.692. The van der Waals surface area contributed by atoms with E-state index in [-0.39, 0.29) is 0 Å². The van der Waals surface area contributed by atoms with Crippen LogP contribution in [0.2, 0.25) is 0 Å². The predicted molar refractivity (Wildman–Crippen MR) is 44.5 cm³/mol. The zero-order valence-corrected chi connectivity index (χ0v) is 7.06. The van der Waals surface area contributed by atoms with E-state index in [1.807, 2.05) is 0 Å². The van der Waals surface area contributed by atoms with E-state index in [1.165, 1.54) is 25.3 Å². The molecule has 0 aromatic heterocycles. The van der Waals surface area contributed by atoms with Crippen LogP contribution in [0.1, 0.15) is 26.7 Å². The summed E-state index contributed by atoms with van der Waals surface area (Å²) in [5, 5.41) is 0. The van der Waals surface area contributed by atoms with Gasteiger partial charge in [0.1, 0.15) is 6.54 Å². The molecule has 0 unspecified atom stereocenters. The molecule has 1 nitrogen and oxygen atoms in total. The van der Waals surface area contributed by atoms with Gasteiger partial charge in [-0.3, -0.25) is 4.90 Å². The van der Waals surface area contributed by atoms with Gasteiger partial charge in [0.05, 0.1) is 6.42 Å². The summed E-state index contributed by atoms with van der Waals surface area (Å²) in [7, 11) is 0. The number of piperidine rings is 1. The molecule has 58 valence electrons. The van der Waals surface area contributed by atoms with Gasteiger partial charge < -0.3 is 0 Å². The van der Waals surface area contributed by atoms with Crippen molar-refractivity contribution < 1.29 is 0 Å². The molecule has 10 heavy (non-hydrogen) atoms. The predicted octanol–water partition coefficient (Wildman–Crippen LogP) is 1.90. The molecular weight excluding hydrogens is 122 g/mol. The maximum atomic E-state index is 4.01. The molecule has 0 radical (unpaired) electrons. The zero-order valence-electron chi connectivity index (χ0n) is 7.06. The van der Waals surface area contributed by atoms with Crippen molar-refractivity contribution in [1.82, 2.24) is 4.90 Å². The lowest BCUT2D eigenvalue weighted by Gasteiger charge is -2.30. The molecule has 1 aliphatic heterocycles. The Morgan fingerprint density at radius 3 is 2.60 bits per heavy atom. The summed E-state index contributed by atoms with van der Waals surface area (Å²) in [5.41, 5.74) is 0. The molecule has 1 heteroatoms. The Morgan fingerprint density at radius 2 is 2.20 bits per heavy atom. The lowest BCUT2D eigenvalue weighted by molar-refractivity contribution is 0.203. The minimum atomic E-state index is 0.692. The molecule has 0 atom stereocenters. The SMILES string of the molecule is [CH2-][C+]1CCCN(C(C)C)C1. The molecule has 0 bridgehead atoms. The summed E-state index contributed by atoms with van der Waals surface area (Å²) >= 11 is 0. The molecule has 0 spiro atoms. The fraction of sp³-hybridized carbons (Fsp3) is 0.778. The standard InChI is InChI=1S/C9H17N/c1-8(2)10-6-4-5-9(3)7-10/h8H,3-7H2,1-2H3. The molecule has 1 heterocycles. The second-order valence-corrected chi connectivity index (χ2v) is 3.42. The molecule has 0 amide bonds. The van der Waals surface area contributed by atoms with Gasteiger partial charge in [0, 0.05) is 12.6 Å². The van der Waals surface area contributed by atoms with Crippen molar-refractivity contribution in [3.63, 3.8) is 0 Å². The van der Waals surface area contributed by atoms with Gasteiger partial charge in [-0.25, -0.2) is 0 Å². The molecular formula is C9H17N. The third kappa shape index (κ3) is 1.91. The number of rotatable bonds is 1. The van der Waals surface area contributed by atoms with Crippen LogP contribution in [0, 0.1) is 12.8 Å². The van der Waals surface area contributed by atoms with E-state index in [9.17, 15) is 0 Å². The van der Waals surface area contributed by atoms with Crippen molar-refractivity contribution in [1.29, 1.82) is 0 Å². The van der Waals surface area contributed by atoms with Crippen LogP contribution >= 0.6 is 0 Å². The van der Waals surface area contributed by atoms with Gasteiger partial charge in [0.2, 0.25) is 0 Å². The van der Waals surface area contributed by atoms with Crippen molar-refractivity contribution in [3.8, 4) is 0 Å². The maximum Gasteiger partial charge on any atom is 0.113 e. The van der Waals surface area contributed by atoms with Crippen molar-refractivity contribution in [2.75, 3.05) is 13.1 Å². The zero-order chi connectivity index (χ0) is 7.56. The van der Waals surface area contributed by atoms with Crippen molar-refractivity contribution in [2.24, 2.45) is 0 Å². The lowest BCUT2D eigenvalue weighted by atomic mass is 9.99. The first kappa shape index (κ1) is 7.93. The van der Waals surface area contributed by atoms with Crippen molar-refractivity contribution in [3.05, 3.63) is 12.8 Å². The van der Waals surface area contributed by atoms with Gasteiger partial charge in [-0.05, 0) is 26.2 Å². The fourth-order valence-electron chi connectivity index (χ4n) is 1.42. The Morgan fingerprint density at radius 1 is 1.50 bits per heavy atom. The minimum Gasteiger partial charge on any atom is -0.265 e. The van der Waals surface area contributed by atoms with E-state index in [0.717, 1.165) is 6.54 Å². The molecule has 1 rings (SSSR count). The normalized spacial score (nSPS) is 22.2. The fourth-order valence-corrected chi connectivity index (χ4v) is 1.42. The topological polar surface area (TPSA) is 3.24 Å². The van der Waals surface area contributed by atoms with Gasteiger partial charge in [0.25, 0.3) is 0 Å². The first-order valence-corrected chi connectivity index (χ1v) is 4.11. The van der Waals surface area contributed by atoms with E-state index in [1.54, 1.807) is 0 Å². The molecule has 0 aromatic rings. The van der Waals surface area contributed by atoms with Crippen molar-refractivity contribution >= 4 is 0 Å². The highest BCUT2D eigenvalue weighted by atomic mass is 15.1. The molecule has 1 fully saturated rings. The van der Waals surface area contributed by atoms with Gasteiger partial charge in [-0.15, -0.1) is 6.92 Å². The summed E-state index contributed by atoms with van der Waals surface area (Å²) in [6.07, 6.45) is 2.54. The van der Waals surface area contributed by atoms with Crippen molar-refractivity contribution in [2.45, 2.75) is 32.7 Å². The third-order valence-corrected chi connectivity index (χ3v) is 2.13. The molecule has 1 saturated heterocycles. The van der Waals surface area contributed by atoms with Crippen LogP contribution in [-0.4, -0.2) is 24.0 Å². The summed E-state index contributed by atoms with van der Waals surface area (Å²) in [6, 6.07) is 0.692. The molecule has 1 aliphatic rings. The van der Waals surface area contributed by atoms with Gasteiger partial charge in [-0.1, -0.05) is 0 Å². The van der Waals surface area contributed by atoms with Crippen LogP contribution in [0.25, 0.3) is 0 Å². The quantitative estimate of drug-likeness (QED) is 0.501. The average molecular weight is 139 g/mol. The Kier molecular flexibility index (Phi) is 2.61. The summed E-state index contributed by atoms with van der Waals surface area (Å²) in [5.74, 6) is 1.40. The van der Waals surface area contributed by atoms with E-state index >= 15 is 0 Å². The van der Waals surface area contributed by atoms with Gasteiger partial charge >= 0.3 is 0 Å². The van der Waals surface area contributed by atoms with Crippen LogP contribution in [0.3, 0.4) is 0 Å². The second kappa shape index (κ2) is 3.29. The highest BCUT2D eigenvalue weighted by Gasteiger charge is 2.20. The average Bonchev–Trinajstić information content (AvgIpc) is 1.88. The summed E-state index contributed by atoms with van der Waals surface area (Å²) in [4.78, 5) is 2.48. The van der Waals surface area contributed by atoms with Crippen LogP contribution in [0.5, 0.6) is 0 Å². The lowest BCUT2D eigenvalue weighted by Crippen LogP contribution is -2.38. The molecule has 0 aliphatic carbocycles. The summed E-state index contributed by atoms with van der Waals surface area (Å²) in [6.45, 7) is 10.9. The summed E-state index contributed by atoms with van der Waals surface area (Å²) < 4.78 is 0. The number of nitrogens with zero attached hydrogens (tertiary/aromatic N) is 1. The van der Waals surface area contributed by atoms with E-state index < -0.39 is 0 Å². The van der Waals surface area contributed by atoms with E-state index in [4.69, 9.17) is 0 Å². The Bertz CT molecular complexity index is 98.9.